The quantitative estimate of drug-likeness (QED) is 0.137. The van der Waals surface area contributed by atoms with E-state index >= 15 is 0 Å². The molecule has 0 fully saturated rings. The Balaban J connectivity index is 1.50. The van der Waals surface area contributed by atoms with Crippen LogP contribution >= 0.6 is 11.8 Å². The molecular weight excluding hydrogens is 544 g/mol. The molecule has 3 aromatic carbocycles. The third-order valence-corrected chi connectivity index (χ3v) is 7.14. The number of nitro groups is 1. The van der Waals surface area contributed by atoms with E-state index in [4.69, 9.17) is 9.15 Å². The van der Waals surface area contributed by atoms with Gasteiger partial charge in [-0.1, -0.05) is 42.5 Å². The zero-order valence-corrected chi connectivity index (χ0v) is 23.5. The highest BCUT2D eigenvalue weighted by molar-refractivity contribution is 7.98. The highest BCUT2D eigenvalue weighted by Gasteiger charge is 2.23. The number of amides is 1. The maximum absolute atomic E-state index is 13.3. The van der Waals surface area contributed by atoms with Gasteiger partial charge in [0, 0.05) is 23.3 Å². The summed E-state index contributed by atoms with van der Waals surface area (Å²) in [6.45, 7) is 2.36. The molecule has 1 heterocycles. The Morgan fingerprint density at radius 1 is 1.02 bits per heavy atom. The number of nitro benzene ring substituents is 1. The van der Waals surface area contributed by atoms with Gasteiger partial charge in [-0.15, -0.1) is 0 Å². The number of furan rings is 1. The van der Waals surface area contributed by atoms with E-state index in [0.29, 0.717) is 40.4 Å². The minimum atomic E-state index is -1.07. The van der Waals surface area contributed by atoms with Gasteiger partial charge in [0.2, 0.25) is 0 Å². The van der Waals surface area contributed by atoms with Gasteiger partial charge < -0.3 is 19.6 Å². The van der Waals surface area contributed by atoms with Crippen molar-refractivity contribution in [2.75, 3.05) is 12.0 Å². The normalized spacial score (nSPS) is 11.7. The Hall–Kier alpha value is -4.41. The summed E-state index contributed by atoms with van der Waals surface area (Å²) in [7, 11) is 0. The van der Waals surface area contributed by atoms with Crippen LogP contribution in [0.3, 0.4) is 0 Å². The lowest BCUT2D eigenvalue weighted by Crippen LogP contribution is -2.41. The summed E-state index contributed by atoms with van der Waals surface area (Å²) in [6, 6.07) is 21.8. The zero-order chi connectivity index (χ0) is 29.4. The number of carboxylic acids is 1. The minimum absolute atomic E-state index is 0.0169. The Bertz CT molecular complexity index is 1550. The summed E-state index contributed by atoms with van der Waals surface area (Å²) in [6.07, 6.45) is 2.21. The first kappa shape index (κ1) is 29.6. The predicted molar refractivity (Wildman–Crippen MR) is 158 cm³/mol. The monoisotopic (exact) mass is 574 g/mol. The molecule has 0 saturated carbocycles. The van der Waals surface area contributed by atoms with Crippen molar-refractivity contribution in [2.24, 2.45) is 0 Å². The van der Waals surface area contributed by atoms with Crippen LogP contribution in [0.15, 0.2) is 83.3 Å². The number of nitrogens with one attached hydrogen (secondary N) is 1. The van der Waals surface area contributed by atoms with Crippen molar-refractivity contribution in [3.8, 4) is 22.5 Å². The molecule has 10 heteroatoms. The molecule has 2 N–H and O–H groups in total. The molecule has 41 heavy (non-hydrogen) atoms. The Kier molecular flexibility index (Phi) is 9.94. The number of benzene rings is 3. The van der Waals surface area contributed by atoms with Gasteiger partial charge in [-0.25, -0.2) is 4.79 Å². The van der Waals surface area contributed by atoms with Gasteiger partial charge >= 0.3 is 5.97 Å². The fourth-order valence-corrected chi connectivity index (χ4v) is 4.83. The van der Waals surface area contributed by atoms with E-state index in [9.17, 15) is 24.8 Å². The molecule has 0 aliphatic heterocycles. The van der Waals surface area contributed by atoms with Crippen LogP contribution < -0.4 is 5.32 Å². The van der Waals surface area contributed by atoms with Gasteiger partial charge in [0.15, 0.2) is 0 Å². The predicted octanol–water partition coefficient (Wildman–Crippen LogP) is 6.48. The number of ether oxygens (including phenoxy) is 1. The fraction of sp³-hybridized carbons (Fsp3) is 0.226. The maximum Gasteiger partial charge on any atom is 0.326 e. The minimum Gasteiger partial charge on any atom is -0.480 e. The molecule has 1 amide bonds. The molecule has 4 aromatic rings. The summed E-state index contributed by atoms with van der Waals surface area (Å²) in [4.78, 5) is 35.6. The van der Waals surface area contributed by atoms with E-state index in [1.165, 1.54) is 23.9 Å². The highest BCUT2D eigenvalue weighted by Crippen LogP contribution is 2.29. The molecule has 9 nitrogen and oxygen atoms in total. The first-order valence-corrected chi connectivity index (χ1v) is 14.3. The van der Waals surface area contributed by atoms with Gasteiger partial charge in [0.1, 0.15) is 24.2 Å². The molecule has 0 aliphatic carbocycles. The zero-order valence-electron chi connectivity index (χ0n) is 22.7. The van der Waals surface area contributed by atoms with Crippen LogP contribution in [0.1, 0.15) is 33.7 Å². The van der Waals surface area contributed by atoms with E-state index in [2.05, 4.69) is 5.32 Å². The molecule has 1 atom stereocenters. The van der Waals surface area contributed by atoms with Crippen molar-refractivity contribution in [1.82, 2.24) is 5.32 Å². The van der Waals surface area contributed by atoms with Crippen LogP contribution in [0.25, 0.3) is 22.5 Å². The number of thioether (sulfide) groups is 1. The van der Waals surface area contributed by atoms with Crippen molar-refractivity contribution >= 4 is 29.3 Å². The lowest BCUT2D eigenvalue weighted by atomic mass is 9.93. The van der Waals surface area contributed by atoms with Crippen molar-refractivity contribution in [1.29, 1.82) is 0 Å². The number of rotatable bonds is 13. The third kappa shape index (κ3) is 7.62. The molecule has 0 bridgehead atoms. The van der Waals surface area contributed by atoms with Crippen LogP contribution in [0.5, 0.6) is 0 Å². The Labute approximate surface area is 241 Å². The van der Waals surface area contributed by atoms with Crippen LogP contribution in [0.4, 0.5) is 5.69 Å². The first-order valence-electron chi connectivity index (χ1n) is 12.9. The molecule has 0 spiro atoms. The molecule has 0 saturated heterocycles. The Morgan fingerprint density at radius 3 is 2.56 bits per heavy atom. The van der Waals surface area contributed by atoms with Crippen LogP contribution in [0, 0.1) is 17.0 Å². The average molecular weight is 575 g/mol. The number of hydrogen-bond acceptors (Lipinski definition) is 7. The number of nitrogens with zero attached hydrogens (tertiary/aromatic N) is 1. The van der Waals surface area contributed by atoms with Crippen LogP contribution in [-0.4, -0.2) is 40.0 Å². The number of aliphatic carboxylic acids is 1. The number of hydrogen-bond donors (Lipinski definition) is 2. The molecule has 0 aliphatic rings. The van der Waals surface area contributed by atoms with Gasteiger partial charge in [-0.3, -0.25) is 14.9 Å². The molecule has 0 radical (unpaired) electrons. The van der Waals surface area contributed by atoms with Crippen molar-refractivity contribution in [3.63, 3.8) is 0 Å². The smallest absolute Gasteiger partial charge is 0.326 e. The van der Waals surface area contributed by atoms with Crippen molar-refractivity contribution < 1.29 is 28.8 Å². The number of non-ortho nitro benzene ring substituents is 1. The van der Waals surface area contributed by atoms with E-state index < -0.39 is 22.8 Å². The Morgan fingerprint density at radius 2 is 1.83 bits per heavy atom. The fourth-order valence-electron chi connectivity index (χ4n) is 4.36. The molecule has 4 rings (SSSR count). The van der Waals surface area contributed by atoms with E-state index in [1.54, 1.807) is 36.4 Å². The van der Waals surface area contributed by atoms with Gasteiger partial charge in [-0.05, 0) is 71.9 Å². The van der Waals surface area contributed by atoms with Crippen molar-refractivity contribution in [3.05, 3.63) is 111 Å². The second-order valence-electron chi connectivity index (χ2n) is 9.41. The van der Waals surface area contributed by atoms with Crippen molar-refractivity contribution in [2.45, 2.75) is 32.6 Å². The summed E-state index contributed by atoms with van der Waals surface area (Å²) < 4.78 is 11.7. The summed E-state index contributed by atoms with van der Waals surface area (Å²) in [5.74, 6) is 0.156. The molecular formula is C31H30N2O7S. The largest absolute Gasteiger partial charge is 0.480 e. The SMILES string of the molecule is CSCC[C@H](NC(=O)c1ccc(COCc2ccc(-c3cccc([N+](=O)[O-])c3)o2)cc1-c1ccccc1C)C(=O)O. The topological polar surface area (TPSA) is 132 Å². The number of carboxylic acid groups (broad SMARTS) is 1. The van der Waals surface area contributed by atoms with Gasteiger partial charge in [0.05, 0.1) is 11.5 Å². The number of carbonyl (C=O) groups is 2. The lowest BCUT2D eigenvalue weighted by molar-refractivity contribution is -0.384. The second kappa shape index (κ2) is 13.8. The second-order valence-corrected chi connectivity index (χ2v) is 10.4. The third-order valence-electron chi connectivity index (χ3n) is 6.49. The van der Waals surface area contributed by atoms with Crippen LogP contribution in [0.2, 0.25) is 0 Å². The number of carbonyl (C=O) groups excluding carboxylic acids is 1. The summed E-state index contributed by atoms with van der Waals surface area (Å²) >= 11 is 1.52. The molecule has 1 aromatic heterocycles. The van der Waals surface area contributed by atoms with Crippen LogP contribution in [-0.2, 0) is 22.7 Å². The highest BCUT2D eigenvalue weighted by atomic mass is 32.2. The van der Waals surface area contributed by atoms with Gasteiger partial charge in [-0.2, -0.15) is 11.8 Å². The average Bonchev–Trinajstić information content (AvgIpc) is 3.44. The first-order chi connectivity index (χ1) is 19.8. The lowest BCUT2D eigenvalue weighted by Gasteiger charge is -2.17. The summed E-state index contributed by atoms with van der Waals surface area (Å²) in [5, 5.41) is 23.3. The number of aryl methyl sites for hydroxylation is 1. The van der Waals surface area contributed by atoms with Gasteiger partial charge in [0.25, 0.3) is 11.6 Å². The van der Waals surface area contributed by atoms with E-state index in [0.717, 1.165) is 16.7 Å². The molecule has 0 unspecified atom stereocenters. The maximum atomic E-state index is 13.3. The van der Waals surface area contributed by atoms with E-state index in [1.807, 2.05) is 43.5 Å². The van der Waals surface area contributed by atoms with E-state index in [-0.39, 0.29) is 18.9 Å². The standard InChI is InChI=1S/C31H30N2O7S/c1-20-6-3-4-9-25(20)27-16-21(10-12-26(27)30(34)32-28(31(35)36)14-15-41-2)18-39-19-24-11-13-29(40-24)22-7-5-8-23(17-22)33(37)38/h3-13,16-17,28H,14-15,18-19H2,1-2H3,(H,32,34)(H,35,36)/t28-/m0/s1. The molecule has 212 valence electrons. The summed E-state index contributed by atoms with van der Waals surface area (Å²) in [5.41, 5.74) is 4.30.